The second-order valence-corrected chi connectivity index (χ2v) is 6.43. The van der Waals surface area contributed by atoms with Crippen molar-refractivity contribution in [3.8, 4) is 0 Å². The summed E-state index contributed by atoms with van der Waals surface area (Å²) in [6.45, 7) is 4.26. The summed E-state index contributed by atoms with van der Waals surface area (Å²) in [5, 5.41) is 11.6. The molecule has 2 amide bonds. The second kappa shape index (κ2) is 6.81. The van der Waals surface area contributed by atoms with E-state index in [0.29, 0.717) is 24.9 Å². The van der Waals surface area contributed by atoms with Gasteiger partial charge in [0.15, 0.2) is 0 Å². The highest BCUT2D eigenvalue weighted by Crippen LogP contribution is 2.22. The van der Waals surface area contributed by atoms with Crippen LogP contribution in [0.25, 0.3) is 0 Å². The van der Waals surface area contributed by atoms with Gasteiger partial charge in [-0.3, -0.25) is 14.4 Å². The number of hydrogen-bond acceptors (Lipinski definition) is 3. The van der Waals surface area contributed by atoms with Crippen molar-refractivity contribution in [3.63, 3.8) is 0 Å². The van der Waals surface area contributed by atoms with Gasteiger partial charge in [-0.15, -0.1) is 0 Å². The van der Waals surface area contributed by atoms with E-state index in [1.165, 1.54) is 0 Å². The molecule has 1 aliphatic heterocycles. The zero-order valence-corrected chi connectivity index (χ0v) is 13.5. The SMILES string of the molecule is CC(C)(CCC(=O)O)NC(=O)c1cccc(N2CCCC2=O)c1. The van der Waals surface area contributed by atoms with Crippen LogP contribution in [0, 0.1) is 0 Å². The predicted molar refractivity (Wildman–Crippen MR) is 86.4 cm³/mol. The molecule has 6 heteroatoms. The van der Waals surface area contributed by atoms with Crippen LogP contribution in [0.2, 0.25) is 0 Å². The molecule has 1 fully saturated rings. The number of anilines is 1. The lowest BCUT2D eigenvalue weighted by molar-refractivity contribution is -0.137. The third kappa shape index (κ3) is 4.55. The normalized spacial score (nSPS) is 14.9. The van der Waals surface area contributed by atoms with E-state index in [1.807, 2.05) is 6.07 Å². The predicted octanol–water partition coefficient (Wildman–Crippen LogP) is 2.19. The molecule has 1 saturated heterocycles. The fraction of sp³-hybridized carbons (Fsp3) is 0.471. The van der Waals surface area contributed by atoms with Crippen molar-refractivity contribution in [2.45, 2.75) is 45.1 Å². The molecule has 2 rings (SSSR count). The average molecular weight is 318 g/mol. The van der Waals surface area contributed by atoms with Gasteiger partial charge in [0.25, 0.3) is 5.91 Å². The molecule has 0 radical (unpaired) electrons. The maximum absolute atomic E-state index is 12.4. The van der Waals surface area contributed by atoms with Crippen LogP contribution in [0.5, 0.6) is 0 Å². The summed E-state index contributed by atoms with van der Waals surface area (Å²) in [7, 11) is 0. The molecule has 0 atom stereocenters. The average Bonchev–Trinajstić information content (AvgIpc) is 2.91. The standard InChI is InChI=1S/C17H22N2O4/c1-17(2,9-8-15(21)22)18-16(23)12-5-3-6-13(11-12)19-10-4-7-14(19)20/h3,5-6,11H,4,7-10H2,1-2H3,(H,18,23)(H,21,22). The molecule has 2 N–H and O–H groups in total. The largest absolute Gasteiger partial charge is 0.481 e. The van der Waals surface area contributed by atoms with Crippen molar-refractivity contribution in [1.82, 2.24) is 5.32 Å². The number of carbonyl (C=O) groups is 3. The molecule has 0 saturated carbocycles. The molecule has 0 aromatic heterocycles. The minimum Gasteiger partial charge on any atom is -0.481 e. The lowest BCUT2D eigenvalue weighted by Crippen LogP contribution is -2.43. The Morgan fingerprint density at radius 1 is 1.35 bits per heavy atom. The van der Waals surface area contributed by atoms with Crippen LogP contribution in [0.4, 0.5) is 5.69 Å². The Balaban J connectivity index is 2.07. The summed E-state index contributed by atoms with van der Waals surface area (Å²) in [5.41, 5.74) is 0.573. The van der Waals surface area contributed by atoms with Gasteiger partial charge in [-0.25, -0.2) is 0 Å². The van der Waals surface area contributed by atoms with Gasteiger partial charge in [-0.1, -0.05) is 6.07 Å². The van der Waals surface area contributed by atoms with Crippen LogP contribution in [-0.4, -0.2) is 35.0 Å². The summed E-state index contributed by atoms with van der Waals surface area (Å²) < 4.78 is 0. The molecule has 1 aromatic carbocycles. The Bertz CT molecular complexity index is 625. The Morgan fingerprint density at radius 2 is 2.09 bits per heavy atom. The molecule has 0 spiro atoms. The van der Waals surface area contributed by atoms with Crippen LogP contribution in [-0.2, 0) is 9.59 Å². The number of aliphatic carboxylic acids is 1. The number of benzene rings is 1. The molecule has 1 aliphatic rings. The Kier molecular flexibility index (Phi) is 5.03. The number of carbonyl (C=O) groups excluding carboxylic acids is 2. The van der Waals surface area contributed by atoms with Crippen LogP contribution in [0.1, 0.15) is 49.9 Å². The first kappa shape index (κ1) is 17.0. The van der Waals surface area contributed by atoms with Crippen LogP contribution < -0.4 is 10.2 Å². The first-order chi connectivity index (χ1) is 10.8. The highest BCUT2D eigenvalue weighted by molar-refractivity contribution is 5.99. The fourth-order valence-electron chi connectivity index (χ4n) is 2.60. The van der Waals surface area contributed by atoms with E-state index in [9.17, 15) is 14.4 Å². The number of nitrogens with zero attached hydrogens (tertiary/aromatic N) is 1. The lowest BCUT2D eigenvalue weighted by atomic mass is 9.97. The quantitative estimate of drug-likeness (QED) is 0.841. The number of carboxylic acids is 1. The number of nitrogens with one attached hydrogen (secondary N) is 1. The maximum atomic E-state index is 12.4. The Hall–Kier alpha value is -2.37. The zero-order chi connectivity index (χ0) is 17.0. The van der Waals surface area contributed by atoms with Crippen molar-refractivity contribution in [2.75, 3.05) is 11.4 Å². The van der Waals surface area contributed by atoms with Gasteiger partial charge in [-0.05, 0) is 44.9 Å². The molecule has 0 bridgehead atoms. The molecule has 6 nitrogen and oxygen atoms in total. The minimum absolute atomic E-state index is 0.00437. The number of carboxylic acid groups (broad SMARTS) is 1. The van der Waals surface area contributed by atoms with E-state index in [0.717, 1.165) is 12.1 Å². The molecular weight excluding hydrogens is 296 g/mol. The third-order valence-electron chi connectivity index (χ3n) is 3.91. The van der Waals surface area contributed by atoms with E-state index in [4.69, 9.17) is 5.11 Å². The highest BCUT2D eigenvalue weighted by atomic mass is 16.4. The fourth-order valence-corrected chi connectivity index (χ4v) is 2.60. The molecule has 0 aliphatic carbocycles. The molecule has 124 valence electrons. The van der Waals surface area contributed by atoms with E-state index in [1.54, 1.807) is 36.9 Å². The van der Waals surface area contributed by atoms with Gasteiger partial charge in [0.05, 0.1) is 0 Å². The van der Waals surface area contributed by atoms with Crippen LogP contribution >= 0.6 is 0 Å². The zero-order valence-electron chi connectivity index (χ0n) is 13.5. The summed E-state index contributed by atoms with van der Waals surface area (Å²) in [6, 6.07) is 6.95. The van der Waals surface area contributed by atoms with Crippen molar-refractivity contribution >= 4 is 23.5 Å². The summed E-state index contributed by atoms with van der Waals surface area (Å²) in [4.78, 5) is 36.6. The molecule has 0 unspecified atom stereocenters. The molecule has 1 heterocycles. The maximum Gasteiger partial charge on any atom is 0.303 e. The lowest BCUT2D eigenvalue weighted by Gasteiger charge is -2.26. The van der Waals surface area contributed by atoms with Crippen molar-refractivity contribution in [3.05, 3.63) is 29.8 Å². The smallest absolute Gasteiger partial charge is 0.303 e. The van der Waals surface area contributed by atoms with Crippen molar-refractivity contribution in [1.29, 1.82) is 0 Å². The van der Waals surface area contributed by atoms with E-state index < -0.39 is 11.5 Å². The summed E-state index contributed by atoms with van der Waals surface area (Å²) >= 11 is 0. The van der Waals surface area contributed by atoms with Crippen LogP contribution in [0.15, 0.2) is 24.3 Å². The van der Waals surface area contributed by atoms with E-state index in [-0.39, 0.29) is 18.2 Å². The Morgan fingerprint density at radius 3 is 2.70 bits per heavy atom. The molecule has 1 aromatic rings. The second-order valence-electron chi connectivity index (χ2n) is 6.43. The summed E-state index contributed by atoms with van der Waals surface area (Å²) in [6.07, 6.45) is 1.71. The monoisotopic (exact) mass is 318 g/mol. The third-order valence-corrected chi connectivity index (χ3v) is 3.91. The van der Waals surface area contributed by atoms with E-state index in [2.05, 4.69) is 5.32 Å². The number of amides is 2. The van der Waals surface area contributed by atoms with Gasteiger partial charge in [0, 0.05) is 36.2 Å². The van der Waals surface area contributed by atoms with E-state index >= 15 is 0 Å². The number of rotatable bonds is 6. The van der Waals surface area contributed by atoms with Gasteiger partial charge in [0.2, 0.25) is 5.91 Å². The number of hydrogen-bond donors (Lipinski definition) is 2. The van der Waals surface area contributed by atoms with Gasteiger partial charge in [-0.2, -0.15) is 0 Å². The molecule has 23 heavy (non-hydrogen) atoms. The molecular formula is C17H22N2O4. The van der Waals surface area contributed by atoms with Crippen molar-refractivity contribution < 1.29 is 19.5 Å². The highest BCUT2D eigenvalue weighted by Gasteiger charge is 2.24. The van der Waals surface area contributed by atoms with Crippen LogP contribution in [0.3, 0.4) is 0 Å². The topological polar surface area (TPSA) is 86.7 Å². The van der Waals surface area contributed by atoms with Gasteiger partial charge in [0.1, 0.15) is 0 Å². The Labute approximate surface area is 135 Å². The first-order valence-electron chi connectivity index (χ1n) is 7.73. The first-order valence-corrected chi connectivity index (χ1v) is 7.73. The minimum atomic E-state index is -0.887. The van der Waals surface area contributed by atoms with Gasteiger partial charge < -0.3 is 15.3 Å². The van der Waals surface area contributed by atoms with Gasteiger partial charge >= 0.3 is 5.97 Å². The summed E-state index contributed by atoms with van der Waals surface area (Å²) in [5.74, 6) is -1.08. The van der Waals surface area contributed by atoms with Crippen molar-refractivity contribution in [2.24, 2.45) is 0 Å².